The summed E-state index contributed by atoms with van der Waals surface area (Å²) in [6.45, 7) is 14.4. The van der Waals surface area contributed by atoms with Crippen LogP contribution in [0.3, 0.4) is 0 Å². The number of carbonyl (C=O) groups is 3. The summed E-state index contributed by atoms with van der Waals surface area (Å²) in [6, 6.07) is 0. The summed E-state index contributed by atoms with van der Waals surface area (Å²) in [5.41, 5.74) is -1.69. The van der Waals surface area contributed by atoms with Crippen molar-refractivity contribution in [1.29, 1.82) is 0 Å². The number of hydrogen-bond acceptors (Lipinski definition) is 5. The number of ketones is 1. The highest BCUT2D eigenvalue weighted by Gasteiger charge is 2.63. The number of ether oxygens (including phenoxy) is 2. The van der Waals surface area contributed by atoms with Gasteiger partial charge in [0.2, 0.25) is 0 Å². The normalized spacial score (nSPS) is 25.8. The van der Waals surface area contributed by atoms with Crippen LogP contribution in [0.25, 0.3) is 0 Å². The number of Topliss-reactive ketones (excluding diaryl/α,β-unsaturated/α-hetero) is 1. The van der Waals surface area contributed by atoms with Crippen LogP contribution in [0.4, 0.5) is 0 Å². The predicted octanol–water partition coefficient (Wildman–Crippen LogP) is 3.75. The van der Waals surface area contributed by atoms with E-state index in [1.165, 1.54) is 0 Å². The summed E-state index contributed by atoms with van der Waals surface area (Å²) in [7, 11) is 0. The van der Waals surface area contributed by atoms with Crippen LogP contribution in [0.1, 0.15) is 74.7 Å². The first kappa shape index (κ1) is 19.7. The van der Waals surface area contributed by atoms with Crippen LogP contribution in [0.5, 0.6) is 0 Å². The van der Waals surface area contributed by atoms with Crippen LogP contribution < -0.4 is 0 Å². The van der Waals surface area contributed by atoms with Crippen LogP contribution in [0.2, 0.25) is 0 Å². The van der Waals surface area contributed by atoms with Gasteiger partial charge in [-0.15, -0.1) is 0 Å². The molecule has 1 atom stereocenters. The molecule has 2 rings (SSSR count). The van der Waals surface area contributed by atoms with Crippen LogP contribution in [-0.2, 0) is 23.9 Å². The average Bonchev–Trinajstić information content (AvgIpc) is 2.77. The molecule has 0 heterocycles. The minimum Gasteiger partial charge on any atom is -0.459 e. The third-order valence-corrected chi connectivity index (χ3v) is 4.90. The predicted molar refractivity (Wildman–Crippen MR) is 93.8 cm³/mol. The van der Waals surface area contributed by atoms with Gasteiger partial charge in [-0.05, 0) is 72.3 Å². The SMILES string of the molecule is CC1=C2CC(C(=O)OC(C)(C)C)(C(=O)OC(C)(C)C)CC2(C)CC1=O. The largest absolute Gasteiger partial charge is 0.459 e. The summed E-state index contributed by atoms with van der Waals surface area (Å²) in [6.07, 6.45) is 0.786. The number of allylic oxidation sites excluding steroid dienone is 2. The second-order valence-electron chi connectivity index (χ2n) is 9.70. The molecule has 2 aliphatic carbocycles. The molecule has 25 heavy (non-hydrogen) atoms. The zero-order valence-corrected chi connectivity index (χ0v) is 16.7. The van der Waals surface area contributed by atoms with Crippen LogP contribution in [-0.4, -0.2) is 28.9 Å². The van der Waals surface area contributed by atoms with Crippen molar-refractivity contribution < 1.29 is 23.9 Å². The first-order valence-corrected chi connectivity index (χ1v) is 8.80. The molecule has 0 aliphatic heterocycles. The van der Waals surface area contributed by atoms with Crippen LogP contribution >= 0.6 is 0 Å². The maximum atomic E-state index is 13.0. The zero-order chi connectivity index (χ0) is 19.4. The van der Waals surface area contributed by atoms with E-state index in [9.17, 15) is 14.4 Å². The highest BCUT2D eigenvalue weighted by molar-refractivity contribution is 6.05. The minimum atomic E-state index is -1.38. The van der Waals surface area contributed by atoms with Gasteiger partial charge < -0.3 is 9.47 Å². The number of carbonyl (C=O) groups excluding carboxylic acids is 3. The van der Waals surface area contributed by atoms with Gasteiger partial charge in [0.25, 0.3) is 0 Å². The molecule has 0 aromatic rings. The lowest BCUT2D eigenvalue weighted by molar-refractivity contribution is -0.185. The molecule has 5 nitrogen and oxygen atoms in total. The summed E-state index contributed by atoms with van der Waals surface area (Å²) < 4.78 is 11.2. The Morgan fingerprint density at radius 1 is 0.920 bits per heavy atom. The third-order valence-electron chi connectivity index (χ3n) is 4.90. The fourth-order valence-corrected chi connectivity index (χ4v) is 3.88. The van der Waals surface area contributed by atoms with Gasteiger partial charge in [-0.3, -0.25) is 14.4 Å². The molecule has 0 aromatic carbocycles. The van der Waals surface area contributed by atoms with Gasteiger partial charge in [-0.25, -0.2) is 0 Å². The summed E-state index contributed by atoms with van der Waals surface area (Å²) in [4.78, 5) is 38.2. The lowest BCUT2D eigenvalue weighted by Crippen LogP contribution is -2.46. The van der Waals surface area contributed by atoms with E-state index in [1.54, 1.807) is 48.5 Å². The Hall–Kier alpha value is -1.65. The lowest BCUT2D eigenvalue weighted by atomic mass is 9.78. The minimum absolute atomic E-state index is 0.0967. The van der Waals surface area contributed by atoms with Gasteiger partial charge in [-0.1, -0.05) is 12.5 Å². The number of rotatable bonds is 2. The molecule has 0 saturated heterocycles. The molecule has 0 aromatic heterocycles. The molecular formula is C20H30O5. The van der Waals surface area contributed by atoms with E-state index in [0.717, 1.165) is 5.57 Å². The third kappa shape index (κ3) is 3.65. The fraction of sp³-hybridized carbons (Fsp3) is 0.750. The Bertz CT molecular complexity index is 629. The summed E-state index contributed by atoms with van der Waals surface area (Å²) in [5.74, 6) is -1.02. The van der Waals surface area contributed by atoms with Crippen molar-refractivity contribution in [3.63, 3.8) is 0 Å². The van der Waals surface area contributed by atoms with Gasteiger partial charge in [0.05, 0.1) is 0 Å². The van der Waals surface area contributed by atoms with Gasteiger partial charge in [0, 0.05) is 6.42 Å². The van der Waals surface area contributed by atoms with E-state index in [0.29, 0.717) is 12.0 Å². The van der Waals surface area contributed by atoms with E-state index in [4.69, 9.17) is 9.47 Å². The van der Waals surface area contributed by atoms with Crippen molar-refractivity contribution >= 4 is 17.7 Å². The molecule has 0 amide bonds. The second kappa shape index (κ2) is 5.68. The van der Waals surface area contributed by atoms with Gasteiger partial charge in [0.15, 0.2) is 11.2 Å². The molecule has 2 aliphatic rings. The number of fused-ring (bicyclic) bond motifs is 1. The molecular weight excluding hydrogens is 320 g/mol. The van der Waals surface area contributed by atoms with E-state index < -0.39 is 34.0 Å². The van der Waals surface area contributed by atoms with Gasteiger partial charge >= 0.3 is 11.9 Å². The number of hydrogen-bond donors (Lipinski definition) is 0. The zero-order valence-electron chi connectivity index (χ0n) is 16.7. The lowest BCUT2D eigenvalue weighted by Gasteiger charge is -2.33. The van der Waals surface area contributed by atoms with E-state index in [2.05, 4.69) is 0 Å². The van der Waals surface area contributed by atoms with Crippen molar-refractivity contribution in [2.75, 3.05) is 0 Å². The molecule has 0 spiro atoms. The smallest absolute Gasteiger partial charge is 0.324 e. The van der Waals surface area contributed by atoms with Crippen LogP contribution in [0, 0.1) is 10.8 Å². The molecule has 1 unspecified atom stereocenters. The molecule has 0 N–H and O–H groups in total. The average molecular weight is 350 g/mol. The Balaban J connectivity index is 2.48. The van der Waals surface area contributed by atoms with Crippen LogP contribution in [0.15, 0.2) is 11.1 Å². The number of esters is 2. The molecule has 1 fully saturated rings. The first-order chi connectivity index (χ1) is 11.1. The quantitative estimate of drug-likeness (QED) is 0.560. The molecule has 5 heteroatoms. The van der Waals surface area contributed by atoms with Crippen molar-refractivity contribution in [3.8, 4) is 0 Å². The highest BCUT2D eigenvalue weighted by Crippen LogP contribution is 2.60. The second-order valence-corrected chi connectivity index (χ2v) is 9.70. The standard InChI is InChI=1S/C20H30O5/c1-12-13-9-20(15(22)24-17(2,3)4,16(23)25-18(5,6)7)11-19(13,8)10-14(12)21/h9-11H2,1-8H3. The topological polar surface area (TPSA) is 69.7 Å². The fourth-order valence-electron chi connectivity index (χ4n) is 3.88. The first-order valence-electron chi connectivity index (χ1n) is 8.80. The molecule has 140 valence electrons. The Morgan fingerprint density at radius 2 is 1.36 bits per heavy atom. The highest BCUT2D eigenvalue weighted by atomic mass is 16.6. The van der Waals surface area contributed by atoms with E-state index >= 15 is 0 Å². The maximum absolute atomic E-state index is 13.0. The van der Waals surface area contributed by atoms with E-state index in [1.807, 2.05) is 6.92 Å². The summed E-state index contributed by atoms with van der Waals surface area (Å²) >= 11 is 0. The molecule has 0 radical (unpaired) electrons. The Kier molecular flexibility index (Phi) is 4.47. The Morgan fingerprint density at radius 3 is 1.72 bits per heavy atom. The maximum Gasteiger partial charge on any atom is 0.324 e. The van der Waals surface area contributed by atoms with Crippen molar-refractivity contribution in [2.24, 2.45) is 10.8 Å². The van der Waals surface area contributed by atoms with Gasteiger partial charge in [0.1, 0.15) is 11.2 Å². The Labute approximate surface area is 150 Å². The van der Waals surface area contributed by atoms with Crippen molar-refractivity contribution in [3.05, 3.63) is 11.1 Å². The van der Waals surface area contributed by atoms with Gasteiger partial charge in [-0.2, -0.15) is 0 Å². The van der Waals surface area contributed by atoms with E-state index in [-0.39, 0.29) is 18.6 Å². The van der Waals surface area contributed by atoms with Crippen molar-refractivity contribution in [2.45, 2.75) is 85.9 Å². The monoisotopic (exact) mass is 350 g/mol. The summed E-state index contributed by atoms with van der Waals surface area (Å²) in [5, 5.41) is 0. The van der Waals surface area contributed by atoms with Crippen molar-refractivity contribution in [1.82, 2.24) is 0 Å². The molecule has 0 bridgehead atoms. The molecule has 1 saturated carbocycles.